The Balaban J connectivity index is 5.23. The fourth-order valence-corrected chi connectivity index (χ4v) is 3.15. The third kappa shape index (κ3) is 7.70. The highest BCUT2D eigenvalue weighted by Crippen LogP contribution is 2.40. The van der Waals surface area contributed by atoms with Crippen molar-refractivity contribution in [2.75, 3.05) is 6.54 Å². The van der Waals surface area contributed by atoms with E-state index < -0.39 is 32.7 Å². The lowest BCUT2D eigenvalue weighted by molar-refractivity contribution is -0.201. The normalized spacial score (nSPS) is 15.5. The summed E-state index contributed by atoms with van der Waals surface area (Å²) in [6, 6.07) is -1.18. The fraction of sp³-hybridized carbons (Fsp3) is 0.812. The molecular formula is C16H31F3N2O2Si. The number of halogens is 3. The first-order valence-electron chi connectivity index (χ1n) is 8.14. The first-order chi connectivity index (χ1) is 10.7. The third-order valence-electron chi connectivity index (χ3n) is 4.23. The molecular weight excluding hydrogens is 337 g/mol. The quantitative estimate of drug-likeness (QED) is 0.486. The summed E-state index contributed by atoms with van der Waals surface area (Å²) < 4.78 is 46.0. The first kappa shape index (κ1) is 23.0. The van der Waals surface area contributed by atoms with E-state index in [0.717, 1.165) is 0 Å². The molecule has 0 aliphatic rings. The van der Waals surface area contributed by atoms with E-state index in [9.17, 15) is 18.0 Å². The summed E-state index contributed by atoms with van der Waals surface area (Å²) in [5.74, 6) is 0. The predicted octanol–water partition coefficient (Wildman–Crippen LogP) is 4.59. The highest BCUT2D eigenvalue weighted by molar-refractivity contribution is 6.74. The number of urea groups is 1. The third-order valence-corrected chi connectivity index (χ3v) is 8.72. The van der Waals surface area contributed by atoms with Crippen molar-refractivity contribution in [1.29, 1.82) is 0 Å². The fourth-order valence-electron chi connectivity index (χ4n) is 1.85. The summed E-state index contributed by atoms with van der Waals surface area (Å²) in [6.45, 7) is 14.9. The Morgan fingerprint density at radius 3 is 2.21 bits per heavy atom. The molecule has 0 rings (SSSR count). The van der Waals surface area contributed by atoms with Gasteiger partial charge in [0.1, 0.15) is 6.10 Å². The second kappa shape index (κ2) is 8.89. The number of hydrogen-bond acceptors (Lipinski definition) is 2. The molecule has 0 fully saturated rings. The Bertz CT molecular complexity index is 421. The maximum atomic E-state index is 13.5. The minimum atomic E-state index is -4.49. The minimum absolute atomic E-state index is 0.241. The number of rotatable bonds is 8. The molecule has 0 heterocycles. The van der Waals surface area contributed by atoms with Gasteiger partial charge in [-0.25, -0.2) is 4.79 Å². The molecule has 2 amide bonds. The zero-order valence-corrected chi connectivity index (χ0v) is 16.5. The van der Waals surface area contributed by atoms with Gasteiger partial charge in [-0.1, -0.05) is 26.8 Å². The average Bonchev–Trinajstić information content (AvgIpc) is 2.35. The van der Waals surface area contributed by atoms with Crippen molar-refractivity contribution in [3.05, 3.63) is 12.7 Å². The number of amides is 2. The summed E-state index contributed by atoms with van der Waals surface area (Å²) in [4.78, 5) is 11.6. The predicted molar refractivity (Wildman–Crippen MR) is 93.6 cm³/mol. The van der Waals surface area contributed by atoms with Gasteiger partial charge < -0.3 is 15.1 Å². The van der Waals surface area contributed by atoms with Crippen LogP contribution < -0.4 is 10.6 Å². The van der Waals surface area contributed by atoms with Crippen LogP contribution in [0.5, 0.6) is 0 Å². The van der Waals surface area contributed by atoms with Gasteiger partial charge in [0.15, 0.2) is 8.32 Å². The Hall–Kier alpha value is -1.02. The van der Waals surface area contributed by atoms with E-state index in [2.05, 4.69) is 17.2 Å². The number of carbonyl (C=O) groups is 1. The van der Waals surface area contributed by atoms with Gasteiger partial charge in [0.25, 0.3) is 0 Å². The van der Waals surface area contributed by atoms with Crippen LogP contribution in [-0.4, -0.2) is 39.2 Å². The van der Waals surface area contributed by atoms with Gasteiger partial charge in [-0.15, -0.1) is 6.58 Å². The van der Waals surface area contributed by atoms with E-state index in [4.69, 9.17) is 4.43 Å². The Labute approximate surface area is 144 Å². The molecule has 0 bridgehead atoms. The molecule has 2 atom stereocenters. The molecule has 0 aromatic rings. The molecule has 0 spiro atoms. The Kier molecular flexibility index (Phi) is 8.51. The average molecular weight is 369 g/mol. The van der Waals surface area contributed by atoms with Crippen LogP contribution >= 0.6 is 0 Å². The molecule has 0 aromatic heterocycles. The summed E-state index contributed by atoms with van der Waals surface area (Å²) >= 11 is 0. The van der Waals surface area contributed by atoms with Gasteiger partial charge in [-0.2, -0.15) is 13.2 Å². The van der Waals surface area contributed by atoms with E-state index in [1.807, 2.05) is 20.8 Å². The molecule has 0 radical (unpaired) electrons. The van der Waals surface area contributed by atoms with E-state index in [1.54, 1.807) is 20.0 Å². The van der Waals surface area contributed by atoms with E-state index in [-0.39, 0.29) is 17.9 Å². The van der Waals surface area contributed by atoms with Crippen LogP contribution in [0.3, 0.4) is 0 Å². The smallest absolute Gasteiger partial charge is 0.405 e. The van der Waals surface area contributed by atoms with E-state index in [1.165, 1.54) is 6.08 Å². The zero-order chi connectivity index (χ0) is 19.2. The van der Waals surface area contributed by atoms with Crippen LogP contribution in [-0.2, 0) is 4.43 Å². The molecule has 8 heteroatoms. The molecule has 1 unspecified atom stereocenters. The molecule has 0 aliphatic carbocycles. The lowest BCUT2D eigenvalue weighted by Crippen LogP contribution is -2.51. The molecule has 0 aliphatic heterocycles. The lowest BCUT2D eigenvalue weighted by Gasteiger charge is -2.40. The summed E-state index contributed by atoms with van der Waals surface area (Å²) in [5.41, 5.74) is 0. The van der Waals surface area contributed by atoms with Gasteiger partial charge in [-0.3, -0.25) is 0 Å². The zero-order valence-electron chi connectivity index (χ0n) is 15.5. The van der Waals surface area contributed by atoms with Crippen molar-refractivity contribution in [3.8, 4) is 0 Å². The second-order valence-electron chi connectivity index (χ2n) is 7.37. The molecule has 24 heavy (non-hydrogen) atoms. The van der Waals surface area contributed by atoms with Crippen molar-refractivity contribution in [1.82, 2.24) is 10.6 Å². The highest BCUT2D eigenvalue weighted by Gasteiger charge is 2.48. The number of hydrogen-bond donors (Lipinski definition) is 2. The molecule has 2 N–H and O–H groups in total. The molecule has 4 nitrogen and oxygen atoms in total. The van der Waals surface area contributed by atoms with Gasteiger partial charge in [0.05, 0.1) is 0 Å². The monoisotopic (exact) mass is 368 g/mol. The van der Waals surface area contributed by atoms with Crippen LogP contribution in [0, 0.1) is 0 Å². The minimum Gasteiger partial charge on any atom is -0.405 e. The molecule has 0 aromatic carbocycles. The van der Waals surface area contributed by atoms with Crippen molar-refractivity contribution < 1.29 is 22.4 Å². The van der Waals surface area contributed by atoms with Gasteiger partial charge in [-0.05, 0) is 31.5 Å². The van der Waals surface area contributed by atoms with Crippen LogP contribution in [0.15, 0.2) is 12.7 Å². The van der Waals surface area contributed by atoms with Crippen LogP contribution in [0.1, 0.15) is 40.5 Å². The topological polar surface area (TPSA) is 50.4 Å². The SMILES string of the molecule is C=CC[C@H](CC(O[Si](C)(C)C(C)(C)C)C(F)(F)F)NC(=O)NCC. The summed E-state index contributed by atoms with van der Waals surface area (Å²) in [5, 5.41) is 4.75. The lowest BCUT2D eigenvalue weighted by atomic mass is 10.1. The van der Waals surface area contributed by atoms with Crippen molar-refractivity contribution in [2.24, 2.45) is 0 Å². The summed E-state index contributed by atoms with van der Waals surface area (Å²) in [6.07, 6.45) is -5.00. The highest BCUT2D eigenvalue weighted by atomic mass is 28.4. The van der Waals surface area contributed by atoms with Crippen molar-refractivity contribution in [2.45, 2.75) is 77.0 Å². The van der Waals surface area contributed by atoms with Crippen molar-refractivity contribution in [3.63, 3.8) is 0 Å². The van der Waals surface area contributed by atoms with Gasteiger partial charge in [0.2, 0.25) is 0 Å². The number of carbonyl (C=O) groups excluding carboxylic acids is 1. The summed E-state index contributed by atoms with van der Waals surface area (Å²) in [7, 11) is -2.60. The maximum absolute atomic E-state index is 13.5. The van der Waals surface area contributed by atoms with Crippen LogP contribution in [0.4, 0.5) is 18.0 Å². The van der Waals surface area contributed by atoms with Crippen LogP contribution in [0.2, 0.25) is 18.1 Å². The molecule has 0 saturated carbocycles. The number of alkyl halides is 3. The van der Waals surface area contributed by atoms with Gasteiger partial charge >= 0.3 is 12.2 Å². The van der Waals surface area contributed by atoms with E-state index >= 15 is 0 Å². The molecule has 0 saturated heterocycles. The van der Waals surface area contributed by atoms with Crippen molar-refractivity contribution >= 4 is 14.3 Å². The largest absolute Gasteiger partial charge is 0.413 e. The molecule has 142 valence electrons. The Morgan fingerprint density at radius 2 is 1.83 bits per heavy atom. The second-order valence-corrected chi connectivity index (χ2v) is 12.1. The standard InChI is InChI=1S/C16H31F3N2O2Si/c1-8-10-12(21-14(22)20-9-2)11-13(16(17,18)19)23-24(6,7)15(3,4)5/h8,12-13H,1,9-11H2,2-7H3,(H2,20,21,22)/t12-,13?/m1/s1. The maximum Gasteiger partial charge on any atom is 0.413 e. The first-order valence-corrected chi connectivity index (χ1v) is 11.0. The number of nitrogens with one attached hydrogen (secondary N) is 2. The van der Waals surface area contributed by atoms with E-state index in [0.29, 0.717) is 6.54 Å². The Morgan fingerprint density at radius 1 is 1.29 bits per heavy atom. The van der Waals surface area contributed by atoms with Gasteiger partial charge in [0, 0.05) is 19.0 Å². The van der Waals surface area contributed by atoms with Crippen LogP contribution in [0.25, 0.3) is 0 Å².